The summed E-state index contributed by atoms with van der Waals surface area (Å²) in [5.74, 6) is 0.524. The lowest BCUT2D eigenvalue weighted by molar-refractivity contribution is -0.135. The Morgan fingerprint density at radius 1 is 1.44 bits per heavy atom. The second kappa shape index (κ2) is 6.42. The highest BCUT2D eigenvalue weighted by Crippen LogP contribution is 2.18. The number of likely N-dealkylation sites (tertiary alicyclic amines) is 1. The molecule has 0 aliphatic carbocycles. The molecule has 0 aromatic heterocycles. The molecule has 2 rings (SSSR count). The monoisotopic (exact) mass is 248 g/mol. The minimum Gasteiger partial charge on any atom is -0.380 e. The van der Waals surface area contributed by atoms with Crippen LogP contribution in [0.25, 0.3) is 0 Å². The van der Waals surface area contributed by atoms with Crippen LogP contribution in [-0.4, -0.2) is 50.2 Å². The second-order valence-corrected chi connectivity index (χ2v) is 4.47. The Morgan fingerprint density at radius 2 is 2.25 bits per heavy atom. The van der Waals surface area contributed by atoms with Crippen molar-refractivity contribution in [3.8, 4) is 0 Å². The SMILES string of the molecule is CO[C@H]1CCN(C(=O)C2CCCNC2)C1.Cl. The summed E-state index contributed by atoms with van der Waals surface area (Å²) >= 11 is 0. The summed E-state index contributed by atoms with van der Waals surface area (Å²) in [6, 6.07) is 0. The molecular formula is C11H21ClN2O2. The first kappa shape index (κ1) is 13.7. The Morgan fingerprint density at radius 3 is 2.81 bits per heavy atom. The minimum absolute atomic E-state index is 0. The largest absolute Gasteiger partial charge is 0.380 e. The van der Waals surface area contributed by atoms with Crippen molar-refractivity contribution in [3.63, 3.8) is 0 Å². The molecule has 0 saturated carbocycles. The van der Waals surface area contributed by atoms with Crippen LogP contribution in [0.3, 0.4) is 0 Å². The van der Waals surface area contributed by atoms with E-state index in [1.807, 2.05) is 4.90 Å². The molecule has 2 fully saturated rings. The van der Waals surface area contributed by atoms with Gasteiger partial charge in [-0.25, -0.2) is 0 Å². The Labute approximate surface area is 103 Å². The molecule has 1 unspecified atom stereocenters. The molecule has 0 spiro atoms. The van der Waals surface area contributed by atoms with Gasteiger partial charge in [-0.15, -0.1) is 12.4 Å². The van der Waals surface area contributed by atoms with Gasteiger partial charge in [0, 0.05) is 26.7 Å². The van der Waals surface area contributed by atoms with Crippen molar-refractivity contribution in [3.05, 3.63) is 0 Å². The summed E-state index contributed by atoms with van der Waals surface area (Å²) in [6.45, 7) is 3.57. The van der Waals surface area contributed by atoms with Gasteiger partial charge in [-0.3, -0.25) is 4.79 Å². The fourth-order valence-corrected chi connectivity index (χ4v) is 2.44. The van der Waals surface area contributed by atoms with Gasteiger partial charge < -0.3 is 15.0 Å². The molecule has 0 radical (unpaired) electrons. The highest BCUT2D eigenvalue weighted by atomic mass is 35.5. The molecule has 2 atom stereocenters. The molecular weight excluding hydrogens is 228 g/mol. The predicted octanol–water partition coefficient (Wildman–Crippen LogP) is 0.655. The first-order valence-corrected chi connectivity index (χ1v) is 5.83. The zero-order chi connectivity index (χ0) is 10.7. The van der Waals surface area contributed by atoms with E-state index in [0.717, 1.165) is 45.4 Å². The van der Waals surface area contributed by atoms with Crippen molar-refractivity contribution in [2.75, 3.05) is 33.3 Å². The number of nitrogens with one attached hydrogen (secondary N) is 1. The molecule has 0 bridgehead atoms. The Balaban J connectivity index is 0.00000128. The molecule has 16 heavy (non-hydrogen) atoms. The fourth-order valence-electron chi connectivity index (χ4n) is 2.44. The third kappa shape index (κ3) is 3.09. The molecule has 2 aliphatic heterocycles. The van der Waals surface area contributed by atoms with Crippen molar-refractivity contribution in [2.45, 2.75) is 25.4 Å². The lowest BCUT2D eigenvalue weighted by Gasteiger charge is -2.26. The zero-order valence-corrected chi connectivity index (χ0v) is 10.6. The Kier molecular flexibility index (Phi) is 5.52. The summed E-state index contributed by atoms with van der Waals surface area (Å²) in [4.78, 5) is 14.1. The molecule has 5 heteroatoms. The van der Waals surface area contributed by atoms with E-state index in [4.69, 9.17) is 4.74 Å². The van der Waals surface area contributed by atoms with Gasteiger partial charge in [0.2, 0.25) is 5.91 Å². The number of piperidine rings is 1. The van der Waals surface area contributed by atoms with Crippen molar-refractivity contribution in [1.29, 1.82) is 0 Å². The number of rotatable bonds is 2. The highest BCUT2D eigenvalue weighted by molar-refractivity contribution is 5.85. The molecule has 2 saturated heterocycles. The van der Waals surface area contributed by atoms with Crippen LogP contribution in [0.1, 0.15) is 19.3 Å². The summed E-state index contributed by atoms with van der Waals surface area (Å²) in [5, 5.41) is 3.29. The number of amides is 1. The van der Waals surface area contributed by atoms with E-state index in [1.54, 1.807) is 7.11 Å². The van der Waals surface area contributed by atoms with Crippen molar-refractivity contribution in [2.24, 2.45) is 5.92 Å². The number of hydrogen-bond donors (Lipinski definition) is 1. The number of ether oxygens (including phenoxy) is 1. The summed E-state index contributed by atoms with van der Waals surface area (Å²) in [7, 11) is 1.72. The smallest absolute Gasteiger partial charge is 0.227 e. The third-order valence-electron chi connectivity index (χ3n) is 3.44. The second-order valence-electron chi connectivity index (χ2n) is 4.47. The summed E-state index contributed by atoms with van der Waals surface area (Å²) in [5.41, 5.74) is 0. The normalized spacial score (nSPS) is 29.9. The molecule has 1 amide bonds. The van der Waals surface area contributed by atoms with Gasteiger partial charge in [0.25, 0.3) is 0 Å². The average molecular weight is 249 g/mol. The van der Waals surface area contributed by atoms with Crippen molar-refractivity contribution in [1.82, 2.24) is 10.2 Å². The fraction of sp³-hybridized carbons (Fsp3) is 0.909. The van der Waals surface area contributed by atoms with E-state index >= 15 is 0 Å². The molecule has 0 aromatic rings. The van der Waals surface area contributed by atoms with Gasteiger partial charge in [-0.05, 0) is 25.8 Å². The number of halogens is 1. The number of methoxy groups -OCH3 is 1. The Hall–Kier alpha value is -0.320. The first-order valence-electron chi connectivity index (χ1n) is 5.83. The van der Waals surface area contributed by atoms with Crippen LogP contribution in [0.15, 0.2) is 0 Å². The Bertz CT molecular complexity index is 232. The van der Waals surface area contributed by atoms with Crippen LogP contribution < -0.4 is 5.32 Å². The highest BCUT2D eigenvalue weighted by Gasteiger charge is 2.31. The van der Waals surface area contributed by atoms with E-state index in [2.05, 4.69) is 5.32 Å². The van der Waals surface area contributed by atoms with E-state index in [9.17, 15) is 4.79 Å². The number of carbonyl (C=O) groups is 1. The standard InChI is InChI=1S/C11H20N2O2.ClH/c1-15-10-4-6-13(8-10)11(14)9-3-2-5-12-7-9;/h9-10,12H,2-8H2,1H3;1H/t9?,10-;/m0./s1. The van der Waals surface area contributed by atoms with Gasteiger partial charge in [0.1, 0.15) is 0 Å². The lowest BCUT2D eigenvalue weighted by atomic mass is 9.98. The van der Waals surface area contributed by atoms with Crippen LogP contribution in [0.2, 0.25) is 0 Å². The van der Waals surface area contributed by atoms with Crippen LogP contribution >= 0.6 is 12.4 Å². The summed E-state index contributed by atoms with van der Waals surface area (Å²) < 4.78 is 5.27. The number of hydrogen-bond acceptors (Lipinski definition) is 3. The number of nitrogens with zero attached hydrogens (tertiary/aromatic N) is 1. The number of carbonyl (C=O) groups excluding carboxylic acids is 1. The van der Waals surface area contributed by atoms with Crippen molar-refractivity contribution >= 4 is 18.3 Å². The topological polar surface area (TPSA) is 41.6 Å². The van der Waals surface area contributed by atoms with Gasteiger partial charge in [0.05, 0.1) is 12.0 Å². The van der Waals surface area contributed by atoms with Crippen LogP contribution in [-0.2, 0) is 9.53 Å². The van der Waals surface area contributed by atoms with Gasteiger partial charge >= 0.3 is 0 Å². The van der Waals surface area contributed by atoms with Gasteiger partial charge in [-0.2, -0.15) is 0 Å². The minimum atomic E-state index is 0. The van der Waals surface area contributed by atoms with E-state index < -0.39 is 0 Å². The summed E-state index contributed by atoms with van der Waals surface area (Å²) in [6.07, 6.45) is 3.41. The van der Waals surface area contributed by atoms with Crippen LogP contribution in [0, 0.1) is 5.92 Å². The van der Waals surface area contributed by atoms with E-state index in [-0.39, 0.29) is 24.4 Å². The molecule has 1 N–H and O–H groups in total. The van der Waals surface area contributed by atoms with Gasteiger partial charge in [0.15, 0.2) is 0 Å². The van der Waals surface area contributed by atoms with Crippen LogP contribution in [0.4, 0.5) is 0 Å². The molecule has 2 heterocycles. The quantitative estimate of drug-likeness (QED) is 0.781. The zero-order valence-electron chi connectivity index (χ0n) is 9.78. The maximum absolute atomic E-state index is 12.1. The molecule has 0 aromatic carbocycles. The molecule has 94 valence electrons. The molecule has 2 aliphatic rings. The molecule has 4 nitrogen and oxygen atoms in total. The third-order valence-corrected chi connectivity index (χ3v) is 3.44. The van der Waals surface area contributed by atoms with E-state index in [0.29, 0.717) is 5.91 Å². The van der Waals surface area contributed by atoms with E-state index in [1.165, 1.54) is 0 Å². The van der Waals surface area contributed by atoms with Crippen molar-refractivity contribution < 1.29 is 9.53 Å². The average Bonchev–Trinajstić information content (AvgIpc) is 2.78. The first-order chi connectivity index (χ1) is 7.31. The lowest BCUT2D eigenvalue weighted by Crippen LogP contribution is -2.42. The maximum atomic E-state index is 12.1. The maximum Gasteiger partial charge on any atom is 0.227 e. The predicted molar refractivity (Wildman–Crippen MR) is 64.8 cm³/mol. The van der Waals surface area contributed by atoms with Gasteiger partial charge in [-0.1, -0.05) is 0 Å². The van der Waals surface area contributed by atoms with Crippen LogP contribution in [0.5, 0.6) is 0 Å².